The standard InChI is InChI=1S/C8H14O2S2/c9-8(10)4-2-1-3-7(12)5-6-11/h7H,1-6H2,(H,9,10). The van der Waals surface area contributed by atoms with Crippen molar-refractivity contribution in [2.75, 3.05) is 5.75 Å². The molecule has 1 N–H and O–H groups in total. The van der Waals surface area contributed by atoms with Crippen molar-refractivity contribution in [3.63, 3.8) is 0 Å². The average molecular weight is 206 g/mol. The highest BCUT2D eigenvalue weighted by molar-refractivity contribution is 7.81. The number of carbonyl (C=O) groups is 1. The van der Waals surface area contributed by atoms with E-state index in [2.05, 4.69) is 0 Å². The molecule has 2 radical (unpaired) electrons. The Hall–Kier alpha value is 0.170. The maximum Gasteiger partial charge on any atom is 0.303 e. The molecule has 1 unspecified atom stereocenters. The van der Waals surface area contributed by atoms with Crippen LogP contribution in [0.3, 0.4) is 0 Å². The molecule has 1 atom stereocenters. The van der Waals surface area contributed by atoms with Gasteiger partial charge in [0.2, 0.25) is 0 Å². The summed E-state index contributed by atoms with van der Waals surface area (Å²) in [4.78, 5) is 10.1. The van der Waals surface area contributed by atoms with Crippen LogP contribution in [0.5, 0.6) is 0 Å². The zero-order valence-electron chi connectivity index (χ0n) is 6.99. The Morgan fingerprint density at radius 2 is 2.00 bits per heavy atom. The van der Waals surface area contributed by atoms with E-state index >= 15 is 0 Å². The van der Waals surface area contributed by atoms with E-state index in [9.17, 15) is 4.79 Å². The Labute approximate surface area is 84.6 Å². The van der Waals surface area contributed by atoms with Gasteiger partial charge in [-0.2, -0.15) is 0 Å². The molecule has 0 aliphatic carbocycles. The van der Waals surface area contributed by atoms with Gasteiger partial charge in [-0.3, -0.25) is 4.79 Å². The van der Waals surface area contributed by atoms with Gasteiger partial charge in [0.15, 0.2) is 0 Å². The summed E-state index contributed by atoms with van der Waals surface area (Å²) in [5.41, 5.74) is 0. The van der Waals surface area contributed by atoms with Crippen molar-refractivity contribution in [1.29, 1.82) is 0 Å². The third kappa shape index (κ3) is 8.27. The van der Waals surface area contributed by atoms with Crippen LogP contribution >= 0.6 is 25.3 Å². The van der Waals surface area contributed by atoms with Gasteiger partial charge in [0.05, 0.1) is 0 Å². The number of hydrogen-bond acceptors (Lipinski definition) is 1. The summed E-state index contributed by atoms with van der Waals surface area (Å²) >= 11 is 9.89. The van der Waals surface area contributed by atoms with Gasteiger partial charge in [0.1, 0.15) is 0 Å². The highest BCUT2D eigenvalue weighted by Crippen LogP contribution is 2.12. The highest BCUT2D eigenvalue weighted by atomic mass is 32.1. The first-order valence-electron chi connectivity index (χ1n) is 4.12. The lowest BCUT2D eigenvalue weighted by Gasteiger charge is -2.05. The Kier molecular flexibility index (Phi) is 7.91. The van der Waals surface area contributed by atoms with Crippen molar-refractivity contribution in [2.45, 2.75) is 37.4 Å². The van der Waals surface area contributed by atoms with Crippen molar-refractivity contribution in [1.82, 2.24) is 0 Å². The second-order valence-corrected chi connectivity index (χ2v) is 3.83. The van der Waals surface area contributed by atoms with Crippen LogP contribution in [-0.2, 0) is 4.79 Å². The van der Waals surface area contributed by atoms with Crippen LogP contribution in [0.25, 0.3) is 0 Å². The molecule has 4 heteroatoms. The average Bonchev–Trinajstić information content (AvgIpc) is 1.98. The van der Waals surface area contributed by atoms with Crippen LogP contribution in [0.15, 0.2) is 0 Å². The maximum atomic E-state index is 10.1. The molecule has 0 amide bonds. The van der Waals surface area contributed by atoms with Crippen molar-refractivity contribution in [3.8, 4) is 0 Å². The molecule has 0 bridgehead atoms. The fraction of sp³-hybridized carbons (Fsp3) is 0.875. The number of aliphatic carboxylic acids is 1. The second-order valence-electron chi connectivity index (χ2n) is 2.75. The summed E-state index contributed by atoms with van der Waals surface area (Å²) in [5, 5.41) is 8.59. The Morgan fingerprint density at radius 3 is 2.50 bits per heavy atom. The first kappa shape index (κ1) is 12.2. The zero-order valence-corrected chi connectivity index (χ0v) is 8.62. The van der Waals surface area contributed by atoms with Gasteiger partial charge in [-0.15, -0.1) is 0 Å². The summed E-state index contributed by atoms with van der Waals surface area (Å²) in [6.45, 7) is 0. The molecule has 0 aromatic carbocycles. The van der Waals surface area contributed by atoms with Crippen molar-refractivity contribution < 1.29 is 9.90 Å². The number of unbranched alkanes of at least 4 members (excludes halogenated alkanes) is 1. The Morgan fingerprint density at radius 1 is 1.33 bits per heavy atom. The number of rotatable bonds is 7. The Balaban J connectivity index is 3.13. The lowest BCUT2D eigenvalue weighted by atomic mass is 10.1. The van der Waals surface area contributed by atoms with E-state index in [0.29, 0.717) is 5.75 Å². The van der Waals surface area contributed by atoms with Gasteiger partial charge in [0, 0.05) is 17.4 Å². The molecule has 0 saturated carbocycles. The molecule has 0 aliphatic heterocycles. The third-order valence-electron chi connectivity index (χ3n) is 1.61. The minimum absolute atomic E-state index is 0.247. The van der Waals surface area contributed by atoms with Crippen LogP contribution < -0.4 is 0 Å². The topological polar surface area (TPSA) is 37.3 Å². The van der Waals surface area contributed by atoms with Crippen LogP contribution in [0, 0.1) is 0 Å². The maximum absolute atomic E-state index is 10.1. The van der Waals surface area contributed by atoms with Gasteiger partial charge in [-0.25, -0.2) is 0 Å². The molecule has 2 nitrogen and oxygen atoms in total. The summed E-state index contributed by atoms with van der Waals surface area (Å²) in [5.74, 6) is -0.00760. The smallest absolute Gasteiger partial charge is 0.303 e. The van der Waals surface area contributed by atoms with E-state index in [-0.39, 0.29) is 11.7 Å². The fourth-order valence-electron chi connectivity index (χ4n) is 0.924. The lowest BCUT2D eigenvalue weighted by molar-refractivity contribution is -0.137. The molecule has 0 spiro atoms. The molecule has 0 saturated heterocycles. The van der Waals surface area contributed by atoms with E-state index in [1.807, 2.05) is 0 Å². The normalized spacial score (nSPS) is 12.8. The summed E-state index contributed by atoms with van der Waals surface area (Å²) in [6.07, 6.45) is 3.74. The van der Waals surface area contributed by atoms with E-state index in [1.165, 1.54) is 0 Å². The molecule has 0 aliphatic rings. The highest BCUT2D eigenvalue weighted by Gasteiger charge is 2.03. The molecule has 12 heavy (non-hydrogen) atoms. The number of hydrogen-bond donors (Lipinski definition) is 1. The van der Waals surface area contributed by atoms with Gasteiger partial charge >= 0.3 is 5.97 Å². The van der Waals surface area contributed by atoms with Crippen molar-refractivity contribution in [3.05, 3.63) is 0 Å². The zero-order chi connectivity index (χ0) is 9.40. The predicted octanol–water partition coefficient (Wildman–Crippen LogP) is 2.79. The molecule has 0 aromatic heterocycles. The minimum atomic E-state index is -0.723. The fourth-order valence-corrected chi connectivity index (χ4v) is 1.64. The molecule has 70 valence electrons. The monoisotopic (exact) mass is 206 g/mol. The van der Waals surface area contributed by atoms with Crippen molar-refractivity contribution in [2.24, 2.45) is 0 Å². The van der Waals surface area contributed by atoms with E-state index < -0.39 is 5.97 Å². The third-order valence-corrected chi connectivity index (χ3v) is 2.31. The minimum Gasteiger partial charge on any atom is -0.481 e. The summed E-state index contributed by atoms with van der Waals surface area (Å²) < 4.78 is 0. The van der Waals surface area contributed by atoms with Crippen molar-refractivity contribution >= 4 is 31.2 Å². The molecule has 0 aromatic rings. The van der Waals surface area contributed by atoms with Gasteiger partial charge in [-0.05, 0) is 19.3 Å². The first-order chi connectivity index (χ1) is 5.66. The summed E-state index contributed by atoms with van der Waals surface area (Å²) in [7, 11) is 0. The molecule has 0 rings (SSSR count). The van der Waals surface area contributed by atoms with Crippen LogP contribution in [0.4, 0.5) is 0 Å². The summed E-state index contributed by atoms with van der Waals surface area (Å²) in [6, 6.07) is 0. The first-order valence-corrected chi connectivity index (χ1v) is 5.17. The van der Waals surface area contributed by atoms with Gasteiger partial charge in [0.25, 0.3) is 0 Å². The largest absolute Gasteiger partial charge is 0.481 e. The molecule has 0 heterocycles. The number of carboxylic acids is 1. The number of carboxylic acid groups (broad SMARTS) is 1. The second kappa shape index (κ2) is 7.80. The van der Waals surface area contributed by atoms with E-state index in [0.717, 1.165) is 25.7 Å². The van der Waals surface area contributed by atoms with E-state index in [4.69, 9.17) is 30.4 Å². The molecule has 0 fully saturated rings. The SMILES string of the molecule is O=C(O)CCCCC([S])CC[S]. The Bertz CT molecular complexity index is 128. The molecular weight excluding hydrogens is 192 g/mol. The van der Waals surface area contributed by atoms with Gasteiger partial charge in [-0.1, -0.05) is 31.7 Å². The van der Waals surface area contributed by atoms with Gasteiger partial charge < -0.3 is 5.11 Å². The van der Waals surface area contributed by atoms with Crippen LogP contribution in [0.1, 0.15) is 32.1 Å². The lowest BCUT2D eigenvalue weighted by Crippen LogP contribution is -2.00. The predicted molar refractivity (Wildman–Crippen MR) is 54.6 cm³/mol. The van der Waals surface area contributed by atoms with Crippen LogP contribution in [-0.4, -0.2) is 22.1 Å². The van der Waals surface area contributed by atoms with Crippen LogP contribution in [0.2, 0.25) is 0 Å². The quantitative estimate of drug-likeness (QED) is 0.650. The van der Waals surface area contributed by atoms with E-state index in [1.54, 1.807) is 0 Å². The molecular formula is C8H14O2S2.